The number of carboxylic acid groups (broad SMARTS) is 1. The molecule has 0 saturated carbocycles. The van der Waals surface area contributed by atoms with Crippen molar-refractivity contribution in [2.75, 3.05) is 11.6 Å². The van der Waals surface area contributed by atoms with Gasteiger partial charge in [0.1, 0.15) is 11.9 Å². The van der Waals surface area contributed by atoms with Crippen molar-refractivity contribution in [3.63, 3.8) is 0 Å². The molecule has 1 aliphatic heterocycles. The average Bonchev–Trinajstić information content (AvgIpc) is 2.96. The summed E-state index contributed by atoms with van der Waals surface area (Å²) in [6.07, 6.45) is 3.25. The van der Waals surface area contributed by atoms with Gasteiger partial charge in [0, 0.05) is 18.1 Å². The van der Waals surface area contributed by atoms with Crippen LogP contribution in [-0.2, 0) is 11.3 Å². The van der Waals surface area contributed by atoms with Crippen molar-refractivity contribution in [1.29, 1.82) is 0 Å². The molecule has 3 N–H and O–H groups in total. The van der Waals surface area contributed by atoms with Crippen LogP contribution in [0, 0.1) is 0 Å². The molecule has 2 rings (SSSR count). The largest absolute Gasteiger partial charge is 0.480 e. The fourth-order valence-corrected chi connectivity index (χ4v) is 2.65. The minimum absolute atomic E-state index is 0.263. The fourth-order valence-electron chi connectivity index (χ4n) is 1.50. The van der Waals surface area contributed by atoms with E-state index in [9.17, 15) is 9.59 Å². The van der Waals surface area contributed by atoms with Crippen molar-refractivity contribution in [2.24, 2.45) is 0 Å². The maximum absolute atomic E-state index is 11.8. The van der Waals surface area contributed by atoms with Crippen LogP contribution in [0.5, 0.6) is 0 Å². The highest BCUT2D eigenvalue weighted by Gasteiger charge is 2.34. The fraction of sp³-hybridized carbons (Fsp3) is 0.444. The number of aromatic amines is 1. The van der Waals surface area contributed by atoms with Crippen molar-refractivity contribution in [2.45, 2.75) is 12.6 Å². The van der Waals surface area contributed by atoms with Crippen LogP contribution in [-0.4, -0.2) is 49.6 Å². The molecule has 0 aliphatic carbocycles. The Morgan fingerprint density at radius 3 is 3.18 bits per heavy atom. The summed E-state index contributed by atoms with van der Waals surface area (Å²) in [5.74, 6) is 0.505. The lowest BCUT2D eigenvalue weighted by Gasteiger charge is -2.20. The Hall–Kier alpha value is -1.70. The van der Waals surface area contributed by atoms with Gasteiger partial charge in [0.2, 0.25) is 0 Å². The first-order valence-electron chi connectivity index (χ1n) is 5.02. The number of hydrogen-bond donors (Lipinski definition) is 3. The van der Waals surface area contributed by atoms with Gasteiger partial charge in [-0.15, -0.1) is 11.8 Å². The zero-order chi connectivity index (χ0) is 12.3. The molecule has 0 spiro atoms. The minimum atomic E-state index is -0.969. The molecule has 1 aromatic rings. The van der Waals surface area contributed by atoms with Crippen LogP contribution in [0.1, 0.15) is 5.82 Å². The predicted molar refractivity (Wildman–Crippen MR) is 61.4 cm³/mol. The highest BCUT2D eigenvalue weighted by molar-refractivity contribution is 7.99. The summed E-state index contributed by atoms with van der Waals surface area (Å²) >= 11 is 1.43. The number of nitrogens with one attached hydrogen (secondary N) is 2. The molecule has 92 valence electrons. The summed E-state index contributed by atoms with van der Waals surface area (Å²) in [5.41, 5.74) is 0. The van der Waals surface area contributed by atoms with E-state index in [0.717, 1.165) is 0 Å². The maximum Gasteiger partial charge on any atom is 0.327 e. The monoisotopic (exact) mass is 256 g/mol. The molecule has 1 saturated heterocycles. The van der Waals surface area contributed by atoms with Gasteiger partial charge in [0.25, 0.3) is 0 Å². The molecule has 2 amide bonds. The van der Waals surface area contributed by atoms with E-state index in [0.29, 0.717) is 17.5 Å². The Morgan fingerprint density at radius 1 is 1.71 bits per heavy atom. The topological polar surface area (TPSA) is 98.3 Å². The summed E-state index contributed by atoms with van der Waals surface area (Å²) in [6, 6.07) is -1.12. The van der Waals surface area contributed by atoms with Crippen molar-refractivity contribution in [3.8, 4) is 0 Å². The predicted octanol–water partition coefficient (Wildman–Crippen LogP) is 0.0788. The number of amides is 2. The first-order chi connectivity index (χ1) is 8.18. The highest BCUT2D eigenvalue weighted by Crippen LogP contribution is 2.20. The van der Waals surface area contributed by atoms with Crippen LogP contribution in [0.25, 0.3) is 0 Å². The molecular weight excluding hydrogens is 244 g/mol. The molecule has 1 atom stereocenters. The second-order valence-electron chi connectivity index (χ2n) is 3.52. The van der Waals surface area contributed by atoms with E-state index >= 15 is 0 Å². The number of carbonyl (C=O) groups excluding carboxylic acids is 1. The SMILES string of the molecule is O=C(O)[C@@H]1CSCN1C(=O)NCc1ncc[nH]1. The molecule has 8 heteroatoms. The molecule has 1 fully saturated rings. The van der Waals surface area contributed by atoms with Gasteiger partial charge in [0.15, 0.2) is 0 Å². The van der Waals surface area contributed by atoms with Crippen molar-refractivity contribution >= 4 is 23.8 Å². The summed E-state index contributed by atoms with van der Waals surface area (Å²) in [7, 11) is 0. The molecule has 1 aromatic heterocycles. The second kappa shape index (κ2) is 5.09. The zero-order valence-electron chi connectivity index (χ0n) is 8.92. The number of thioether (sulfide) groups is 1. The van der Waals surface area contributed by atoms with E-state index < -0.39 is 12.0 Å². The lowest BCUT2D eigenvalue weighted by molar-refractivity contribution is -0.140. The Labute approximate surface area is 102 Å². The van der Waals surface area contributed by atoms with E-state index in [2.05, 4.69) is 15.3 Å². The number of urea groups is 1. The number of carbonyl (C=O) groups is 2. The van der Waals surface area contributed by atoms with E-state index in [-0.39, 0.29) is 12.6 Å². The third-order valence-corrected chi connectivity index (χ3v) is 3.40. The Bertz CT molecular complexity index is 408. The molecular formula is C9H12N4O3S. The summed E-state index contributed by atoms with van der Waals surface area (Å²) in [5, 5.41) is 11.6. The first kappa shape index (κ1) is 11.8. The van der Waals surface area contributed by atoms with E-state index in [1.54, 1.807) is 12.4 Å². The third kappa shape index (κ3) is 2.70. The number of aromatic nitrogens is 2. The third-order valence-electron chi connectivity index (χ3n) is 2.39. The minimum Gasteiger partial charge on any atom is -0.480 e. The number of H-pyrrole nitrogens is 1. The van der Waals surface area contributed by atoms with Crippen molar-refractivity contribution in [3.05, 3.63) is 18.2 Å². The lowest BCUT2D eigenvalue weighted by Crippen LogP contribution is -2.46. The zero-order valence-corrected chi connectivity index (χ0v) is 9.74. The molecule has 0 aromatic carbocycles. The number of carboxylic acids is 1. The smallest absolute Gasteiger partial charge is 0.327 e. The molecule has 1 aliphatic rings. The van der Waals surface area contributed by atoms with E-state index in [1.807, 2.05) is 0 Å². The van der Waals surface area contributed by atoms with Crippen LogP contribution < -0.4 is 5.32 Å². The summed E-state index contributed by atoms with van der Waals surface area (Å²) in [6.45, 7) is 0.263. The Morgan fingerprint density at radius 2 is 2.53 bits per heavy atom. The second-order valence-corrected chi connectivity index (χ2v) is 4.52. The first-order valence-corrected chi connectivity index (χ1v) is 6.17. The molecule has 0 unspecified atom stereocenters. The molecule has 7 nitrogen and oxygen atoms in total. The van der Waals surface area contributed by atoms with Crippen molar-refractivity contribution in [1.82, 2.24) is 20.2 Å². The van der Waals surface area contributed by atoms with Gasteiger partial charge in [-0.3, -0.25) is 0 Å². The van der Waals surface area contributed by atoms with E-state index in [1.165, 1.54) is 16.7 Å². The van der Waals surface area contributed by atoms with Crippen LogP contribution in [0.3, 0.4) is 0 Å². The Kier molecular flexibility index (Phi) is 3.52. The van der Waals surface area contributed by atoms with Gasteiger partial charge >= 0.3 is 12.0 Å². The molecule has 2 heterocycles. The normalized spacial score (nSPS) is 19.3. The van der Waals surface area contributed by atoms with Gasteiger partial charge in [0.05, 0.1) is 12.4 Å². The maximum atomic E-state index is 11.8. The van der Waals surface area contributed by atoms with Crippen molar-refractivity contribution < 1.29 is 14.7 Å². The number of rotatable bonds is 3. The summed E-state index contributed by atoms with van der Waals surface area (Å²) < 4.78 is 0. The number of nitrogens with zero attached hydrogens (tertiary/aromatic N) is 2. The highest BCUT2D eigenvalue weighted by atomic mass is 32.2. The van der Waals surface area contributed by atoms with Gasteiger partial charge in [-0.25, -0.2) is 14.6 Å². The van der Waals surface area contributed by atoms with Gasteiger partial charge in [-0.2, -0.15) is 0 Å². The van der Waals surface area contributed by atoms with Crippen LogP contribution >= 0.6 is 11.8 Å². The molecule has 0 bridgehead atoms. The quantitative estimate of drug-likeness (QED) is 0.711. The van der Waals surface area contributed by atoms with E-state index in [4.69, 9.17) is 5.11 Å². The standard InChI is InChI=1S/C9H12N4O3S/c14-8(15)6-4-17-5-13(6)9(16)12-3-7-10-1-2-11-7/h1-2,6H,3-5H2,(H,10,11)(H,12,16)(H,14,15)/t6-/m0/s1. The van der Waals surface area contributed by atoms with Gasteiger partial charge in [-0.05, 0) is 0 Å². The van der Waals surface area contributed by atoms with Crippen LogP contribution in [0.15, 0.2) is 12.4 Å². The summed E-state index contributed by atoms with van der Waals surface area (Å²) in [4.78, 5) is 30.8. The van der Waals surface area contributed by atoms with Crippen LogP contribution in [0.4, 0.5) is 4.79 Å². The van der Waals surface area contributed by atoms with Gasteiger partial charge < -0.3 is 20.3 Å². The lowest BCUT2D eigenvalue weighted by atomic mass is 10.3. The molecule has 17 heavy (non-hydrogen) atoms. The molecule has 0 radical (unpaired) electrons. The number of hydrogen-bond acceptors (Lipinski definition) is 4. The Balaban J connectivity index is 1.89. The van der Waals surface area contributed by atoms with Crippen LogP contribution in [0.2, 0.25) is 0 Å². The van der Waals surface area contributed by atoms with Gasteiger partial charge in [-0.1, -0.05) is 0 Å². The number of imidazole rings is 1. The number of aliphatic carboxylic acids is 1. The average molecular weight is 256 g/mol.